The lowest BCUT2D eigenvalue weighted by atomic mass is 10.0. The van der Waals surface area contributed by atoms with Crippen molar-refractivity contribution in [3.05, 3.63) is 35.9 Å². The van der Waals surface area contributed by atoms with Crippen molar-refractivity contribution in [1.82, 2.24) is 9.34 Å². The molecule has 1 fully saturated rings. The fourth-order valence-corrected chi connectivity index (χ4v) is 4.43. The topological polar surface area (TPSA) is 15.7 Å². The monoisotopic (exact) mass is 266 g/mol. The zero-order valence-electron chi connectivity index (χ0n) is 11.7. The summed E-state index contributed by atoms with van der Waals surface area (Å²) in [4.78, 5) is 0. The van der Waals surface area contributed by atoms with Crippen molar-refractivity contribution in [3.8, 4) is 0 Å². The van der Waals surface area contributed by atoms with Crippen LogP contribution in [0.4, 0.5) is 0 Å². The molecule has 0 amide bonds. The Morgan fingerprint density at radius 1 is 1.22 bits per heavy atom. The number of rotatable bonds is 4. The number of hydrogen-bond acceptors (Lipinski definition) is 3. The van der Waals surface area contributed by atoms with E-state index in [4.69, 9.17) is 4.52 Å². The highest BCUT2D eigenvalue weighted by Crippen LogP contribution is 2.57. The lowest BCUT2D eigenvalue weighted by Gasteiger charge is -2.29. The van der Waals surface area contributed by atoms with Crippen molar-refractivity contribution in [3.63, 3.8) is 0 Å². The summed E-state index contributed by atoms with van der Waals surface area (Å²) < 4.78 is 11.1. The number of benzene rings is 1. The van der Waals surface area contributed by atoms with Crippen LogP contribution in [0, 0.1) is 0 Å². The molecule has 1 aliphatic heterocycles. The van der Waals surface area contributed by atoms with Crippen LogP contribution in [0.25, 0.3) is 0 Å². The van der Waals surface area contributed by atoms with Crippen molar-refractivity contribution in [1.29, 1.82) is 0 Å². The molecule has 0 N–H and O–H groups in total. The summed E-state index contributed by atoms with van der Waals surface area (Å²) in [5.41, 5.74) is 1.29. The lowest BCUT2D eigenvalue weighted by Crippen LogP contribution is -2.27. The van der Waals surface area contributed by atoms with E-state index in [1.807, 2.05) is 0 Å². The van der Waals surface area contributed by atoms with Crippen LogP contribution >= 0.6 is 8.45 Å². The first-order valence-corrected chi connectivity index (χ1v) is 7.85. The largest absolute Gasteiger partial charge is 0.321 e. The van der Waals surface area contributed by atoms with E-state index in [1.54, 1.807) is 0 Å². The molecule has 1 saturated heterocycles. The third-order valence-corrected chi connectivity index (χ3v) is 5.97. The summed E-state index contributed by atoms with van der Waals surface area (Å²) in [5, 5.41) is 0. The Kier molecular flexibility index (Phi) is 4.74. The van der Waals surface area contributed by atoms with Gasteiger partial charge in [0, 0.05) is 19.1 Å². The number of likely N-dealkylation sites (N-methyl/N-ethyl adjacent to an activating group) is 1. The van der Waals surface area contributed by atoms with Gasteiger partial charge in [-0.15, -0.1) is 0 Å². The van der Waals surface area contributed by atoms with E-state index in [0.717, 1.165) is 13.1 Å². The molecule has 1 aromatic carbocycles. The maximum absolute atomic E-state index is 6.33. The molecule has 1 aliphatic rings. The summed E-state index contributed by atoms with van der Waals surface area (Å²) in [6.07, 6.45) is 0.197. The van der Waals surface area contributed by atoms with Crippen molar-refractivity contribution >= 4 is 8.45 Å². The molecule has 0 aliphatic carbocycles. The molecule has 0 aromatic heterocycles. The SMILES string of the molecule is CCN(CC)P1OC(c2ccccc2)C(C)N1C. The highest BCUT2D eigenvalue weighted by Gasteiger charge is 2.41. The lowest BCUT2D eigenvalue weighted by molar-refractivity contribution is 0.211. The van der Waals surface area contributed by atoms with Crippen LogP contribution in [-0.4, -0.2) is 35.5 Å². The van der Waals surface area contributed by atoms with Gasteiger partial charge in [0.25, 0.3) is 0 Å². The van der Waals surface area contributed by atoms with Gasteiger partial charge in [-0.3, -0.25) is 0 Å². The van der Waals surface area contributed by atoms with Gasteiger partial charge < -0.3 is 4.52 Å². The van der Waals surface area contributed by atoms with E-state index < -0.39 is 8.45 Å². The van der Waals surface area contributed by atoms with Gasteiger partial charge in [-0.2, -0.15) is 0 Å². The molecule has 1 heterocycles. The summed E-state index contributed by atoms with van der Waals surface area (Å²) in [6.45, 7) is 8.73. The van der Waals surface area contributed by atoms with Crippen LogP contribution in [0.1, 0.15) is 32.4 Å². The van der Waals surface area contributed by atoms with Crippen LogP contribution in [0.3, 0.4) is 0 Å². The molecule has 1 aromatic rings. The van der Waals surface area contributed by atoms with Gasteiger partial charge in [0.2, 0.25) is 0 Å². The average Bonchev–Trinajstić information content (AvgIpc) is 2.70. The van der Waals surface area contributed by atoms with Crippen molar-refractivity contribution in [2.45, 2.75) is 32.9 Å². The zero-order valence-corrected chi connectivity index (χ0v) is 12.6. The maximum Gasteiger partial charge on any atom is 0.188 e. The third kappa shape index (κ3) is 2.60. The third-order valence-electron chi connectivity index (χ3n) is 3.61. The van der Waals surface area contributed by atoms with E-state index in [9.17, 15) is 0 Å². The molecular formula is C14H23N2OP. The minimum absolute atomic E-state index is 0.197. The van der Waals surface area contributed by atoms with E-state index in [1.165, 1.54) is 5.56 Å². The molecule has 0 saturated carbocycles. The Morgan fingerprint density at radius 2 is 1.83 bits per heavy atom. The number of nitrogens with zero attached hydrogens (tertiary/aromatic N) is 2. The van der Waals surface area contributed by atoms with Crippen molar-refractivity contribution in [2.24, 2.45) is 0 Å². The molecule has 3 unspecified atom stereocenters. The Labute approximate surface area is 112 Å². The summed E-state index contributed by atoms with van der Waals surface area (Å²) in [7, 11) is 1.57. The van der Waals surface area contributed by atoms with Gasteiger partial charge in [-0.1, -0.05) is 44.2 Å². The second-order valence-electron chi connectivity index (χ2n) is 4.64. The van der Waals surface area contributed by atoms with Gasteiger partial charge in [-0.05, 0) is 19.5 Å². The Bertz CT molecular complexity index is 369. The smallest absolute Gasteiger partial charge is 0.188 e. The van der Waals surface area contributed by atoms with Crippen LogP contribution in [-0.2, 0) is 4.52 Å². The van der Waals surface area contributed by atoms with Gasteiger partial charge >= 0.3 is 0 Å². The molecular weight excluding hydrogens is 243 g/mol. The van der Waals surface area contributed by atoms with Gasteiger partial charge in [0.05, 0.1) is 0 Å². The van der Waals surface area contributed by atoms with Crippen LogP contribution in [0.5, 0.6) is 0 Å². The first-order valence-electron chi connectivity index (χ1n) is 6.68. The minimum atomic E-state index is -0.606. The maximum atomic E-state index is 6.33. The van der Waals surface area contributed by atoms with E-state index in [2.05, 4.69) is 67.5 Å². The first kappa shape index (κ1) is 14.0. The molecule has 4 heteroatoms. The summed E-state index contributed by atoms with van der Waals surface area (Å²) in [5.74, 6) is 0. The Morgan fingerprint density at radius 3 is 2.39 bits per heavy atom. The molecule has 3 atom stereocenters. The number of hydrogen-bond donors (Lipinski definition) is 0. The molecule has 2 rings (SSSR count). The average molecular weight is 266 g/mol. The molecule has 18 heavy (non-hydrogen) atoms. The normalized spacial score (nSPS) is 29.1. The quantitative estimate of drug-likeness (QED) is 0.774. The summed E-state index contributed by atoms with van der Waals surface area (Å²) >= 11 is 0. The molecule has 3 nitrogen and oxygen atoms in total. The molecule has 100 valence electrons. The Hall–Kier alpha value is -0.470. The second-order valence-corrected chi connectivity index (χ2v) is 6.56. The van der Waals surface area contributed by atoms with Crippen LogP contribution in [0.15, 0.2) is 30.3 Å². The van der Waals surface area contributed by atoms with Gasteiger partial charge in [0.15, 0.2) is 8.45 Å². The van der Waals surface area contributed by atoms with Gasteiger partial charge in [0.1, 0.15) is 6.10 Å². The first-order chi connectivity index (χ1) is 8.69. The van der Waals surface area contributed by atoms with E-state index in [0.29, 0.717) is 6.04 Å². The predicted octanol–water partition coefficient (Wildman–Crippen LogP) is 3.65. The van der Waals surface area contributed by atoms with Crippen molar-refractivity contribution in [2.75, 3.05) is 20.1 Å². The zero-order chi connectivity index (χ0) is 13.1. The van der Waals surface area contributed by atoms with Gasteiger partial charge in [-0.25, -0.2) is 9.34 Å². The minimum Gasteiger partial charge on any atom is -0.321 e. The predicted molar refractivity (Wildman–Crippen MR) is 77.3 cm³/mol. The standard InChI is InChI=1S/C14H23N2OP/c1-5-16(6-2)18-15(4)12(3)14(17-18)13-10-8-7-9-11-13/h7-12,14H,5-6H2,1-4H3. The van der Waals surface area contributed by atoms with Crippen molar-refractivity contribution < 1.29 is 4.52 Å². The van der Waals surface area contributed by atoms with E-state index in [-0.39, 0.29) is 6.10 Å². The molecule has 0 bridgehead atoms. The summed E-state index contributed by atoms with van der Waals surface area (Å²) in [6, 6.07) is 11.0. The van der Waals surface area contributed by atoms with Crippen LogP contribution in [0.2, 0.25) is 0 Å². The fraction of sp³-hybridized carbons (Fsp3) is 0.571. The van der Waals surface area contributed by atoms with Crippen LogP contribution < -0.4 is 0 Å². The molecule has 0 radical (unpaired) electrons. The highest BCUT2D eigenvalue weighted by molar-refractivity contribution is 7.47. The highest BCUT2D eigenvalue weighted by atomic mass is 31.2. The fourth-order valence-electron chi connectivity index (χ4n) is 2.33. The van der Waals surface area contributed by atoms with E-state index >= 15 is 0 Å². The second kappa shape index (κ2) is 6.12. The Balaban J connectivity index is 2.17. The molecule has 0 spiro atoms.